The highest BCUT2D eigenvalue weighted by atomic mass is 32.2. The number of ether oxygens (including phenoxy) is 1. The molecular weight excluding hydrogens is 356 g/mol. The minimum Gasteiger partial charge on any atom is -0.484 e. The Morgan fingerprint density at radius 3 is 2.65 bits per heavy atom. The van der Waals surface area contributed by atoms with Crippen LogP contribution in [0.1, 0.15) is 30.9 Å². The summed E-state index contributed by atoms with van der Waals surface area (Å²) in [4.78, 5) is 11.0. The molecule has 9 heteroatoms. The van der Waals surface area contributed by atoms with Gasteiger partial charge in [0.2, 0.25) is 10.0 Å². The summed E-state index contributed by atoms with van der Waals surface area (Å²) in [6.07, 6.45) is 6.16. The molecule has 2 N–H and O–H groups in total. The Kier molecular flexibility index (Phi) is 5.28. The number of hydrogen-bond acceptors (Lipinski definition) is 5. The molecule has 26 heavy (non-hydrogen) atoms. The Morgan fingerprint density at radius 2 is 2.04 bits per heavy atom. The van der Waals surface area contributed by atoms with E-state index in [1.54, 1.807) is 15.2 Å². The van der Waals surface area contributed by atoms with Crippen molar-refractivity contribution in [1.29, 1.82) is 0 Å². The fraction of sp³-hybridized carbons (Fsp3) is 0.412. The summed E-state index contributed by atoms with van der Waals surface area (Å²) in [5.41, 5.74) is 5.94. The number of piperidine rings is 1. The van der Waals surface area contributed by atoms with E-state index in [4.69, 9.17) is 10.5 Å². The van der Waals surface area contributed by atoms with Gasteiger partial charge in [0.25, 0.3) is 5.91 Å². The van der Waals surface area contributed by atoms with Crippen molar-refractivity contribution in [3.63, 3.8) is 0 Å². The molecule has 2 heterocycles. The molecule has 1 aliphatic heterocycles. The molecular formula is C17H22N4O4S. The van der Waals surface area contributed by atoms with E-state index in [-0.39, 0.29) is 17.5 Å². The van der Waals surface area contributed by atoms with Crippen molar-refractivity contribution in [3.05, 3.63) is 42.2 Å². The molecule has 1 aromatic heterocycles. The summed E-state index contributed by atoms with van der Waals surface area (Å²) in [5, 5.41) is 4.17. The molecule has 1 atom stereocenters. The van der Waals surface area contributed by atoms with Crippen LogP contribution >= 0.6 is 0 Å². The van der Waals surface area contributed by atoms with E-state index < -0.39 is 15.9 Å². The minimum absolute atomic E-state index is 0.194. The van der Waals surface area contributed by atoms with Gasteiger partial charge in [0.15, 0.2) is 6.61 Å². The zero-order chi connectivity index (χ0) is 18.7. The van der Waals surface area contributed by atoms with Crippen molar-refractivity contribution in [2.75, 3.05) is 13.2 Å². The van der Waals surface area contributed by atoms with Crippen molar-refractivity contribution < 1.29 is 17.9 Å². The smallest absolute Gasteiger partial charge is 0.255 e. The molecule has 1 unspecified atom stereocenters. The fourth-order valence-corrected chi connectivity index (χ4v) is 4.82. The van der Waals surface area contributed by atoms with Gasteiger partial charge in [-0.1, -0.05) is 6.42 Å². The Labute approximate surface area is 152 Å². The van der Waals surface area contributed by atoms with Gasteiger partial charge < -0.3 is 10.5 Å². The molecule has 1 fully saturated rings. The van der Waals surface area contributed by atoms with Gasteiger partial charge in [-0.3, -0.25) is 9.48 Å². The fourth-order valence-electron chi connectivity index (χ4n) is 3.14. The van der Waals surface area contributed by atoms with E-state index in [9.17, 15) is 13.2 Å². The van der Waals surface area contributed by atoms with Gasteiger partial charge in [0, 0.05) is 25.4 Å². The van der Waals surface area contributed by atoms with Crippen LogP contribution in [0.5, 0.6) is 5.75 Å². The summed E-state index contributed by atoms with van der Waals surface area (Å²) in [6.45, 7) is 0.225. The van der Waals surface area contributed by atoms with Crippen LogP contribution in [-0.4, -0.2) is 41.6 Å². The van der Waals surface area contributed by atoms with Gasteiger partial charge in [-0.05, 0) is 37.1 Å². The second-order valence-electron chi connectivity index (χ2n) is 6.30. The Bertz CT molecular complexity index is 876. The zero-order valence-electron chi connectivity index (χ0n) is 14.5. The van der Waals surface area contributed by atoms with Gasteiger partial charge >= 0.3 is 0 Å². The quantitative estimate of drug-likeness (QED) is 0.813. The van der Waals surface area contributed by atoms with Crippen molar-refractivity contribution in [2.24, 2.45) is 12.8 Å². The third-order valence-electron chi connectivity index (χ3n) is 4.37. The Balaban J connectivity index is 1.84. The standard InChI is InChI=1S/C17H22N4O4S/c1-20-11-13(10-19-20)16-4-2-3-9-21(16)26(23,24)15-7-5-14(6-8-15)25-12-17(18)22/h5-8,10-11,16H,2-4,9,12H2,1H3,(H2,18,22). The number of nitrogens with two attached hydrogens (primary N) is 1. The molecule has 1 saturated heterocycles. The maximum atomic E-state index is 13.1. The average Bonchev–Trinajstić information content (AvgIpc) is 3.06. The van der Waals surface area contributed by atoms with Crippen LogP contribution in [0.25, 0.3) is 0 Å². The predicted octanol–water partition coefficient (Wildman–Crippen LogP) is 1.20. The third-order valence-corrected chi connectivity index (χ3v) is 6.30. The van der Waals surface area contributed by atoms with E-state index in [0.29, 0.717) is 12.3 Å². The lowest BCUT2D eigenvalue weighted by molar-refractivity contribution is -0.119. The average molecular weight is 378 g/mol. The number of aryl methyl sites for hydroxylation is 1. The number of hydrogen-bond donors (Lipinski definition) is 1. The number of benzene rings is 1. The number of primary amides is 1. The van der Waals surface area contributed by atoms with E-state index >= 15 is 0 Å². The van der Waals surface area contributed by atoms with Gasteiger partial charge in [0.05, 0.1) is 17.1 Å². The van der Waals surface area contributed by atoms with Crippen LogP contribution in [0, 0.1) is 0 Å². The first kappa shape index (κ1) is 18.4. The summed E-state index contributed by atoms with van der Waals surface area (Å²) in [5.74, 6) is -0.195. The van der Waals surface area contributed by atoms with Crippen molar-refractivity contribution in [1.82, 2.24) is 14.1 Å². The van der Waals surface area contributed by atoms with Crippen LogP contribution in [0.4, 0.5) is 0 Å². The van der Waals surface area contributed by atoms with Crippen molar-refractivity contribution >= 4 is 15.9 Å². The van der Waals surface area contributed by atoms with Crippen LogP contribution < -0.4 is 10.5 Å². The van der Waals surface area contributed by atoms with Crippen LogP contribution in [-0.2, 0) is 21.9 Å². The zero-order valence-corrected chi connectivity index (χ0v) is 15.4. The van der Waals surface area contributed by atoms with Crippen molar-refractivity contribution in [2.45, 2.75) is 30.2 Å². The Morgan fingerprint density at radius 1 is 1.31 bits per heavy atom. The van der Waals surface area contributed by atoms with Crippen molar-refractivity contribution in [3.8, 4) is 5.75 Å². The lowest BCUT2D eigenvalue weighted by atomic mass is 10.0. The molecule has 8 nitrogen and oxygen atoms in total. The predicted molar refractivity (Wildman–Crippen MR) is 94.8 cm³/mol. The first-order valence-corrected chi connectivity index (χ1v) is 9.83. The molecule has 0 bridgehead atoms. The first-order chi connectivity index (χ1) is 12.4. The summed E-state index contributed by atoms with van der Waals surface area (Å²) < 4.78 is 34.7. The molecule has 0 aliphatic carbocycles. The SMILES string of the molecule is Cn1cc(C2CCCCN2S(=O)(=O)c2ccc(OCC(N)=O)cc2)cn1. The van der Waals surface area contributed by atoms with Crippen LogP contribution in [0.2, 0.25) is 0 Å². The number of carbonyl (C=O) groups excluding carboxylic acids is 1. The molecule has 1 aliphatic rings. The number of carbonyl (C=O) groups is 1. The maximum Gasteiger partial charge on any atom is 0.255 e. The normalized spacial score (nSPS) is 18.6. The summed E-state index contributed by atoms with van der Waals surface area (Å²) in [6, 6.07) is 5.81. The highest BCUT2D eigenvalue weighted by molar-refractivity contribution is 7.89. The van der Waals surface area contributed by atoms with Gasteiger partial charge in [0.1, 0.15) is 5.75 Å². The van der Waals surface area contributed by atoms with Gasteiger partial charge in [-0.15, -0.1) is 0 Å². The second kappa shape index (κ2) is 7.46. The lowest BCUT2D eigenvalue weighted by Crippen LogP contribution is -2.38. The molecule has 3 rings (SSSR count). The topological polar surface area (TPSA) is 108 Å². The first-order valence-electron chi connectivity index (χ1n) is 8.39. The second-order valence-corrected chi connectivity index (χ2v) is 8.19. The van der Waals surface area contributed by atoms with Gasteiger partial charge in [-0.2, -0.15) is 9.40 Å². The maximum absolute atomic E-state index is 13.1. The van der Waals surface area contributed by atoms with E-state index in [1.165, 1.54) is 24.3 Å². The number of rotatable bonds is 6. The molecule has 140 valence electrons. The van der Waals surface area contributed by atoms with E-state index in [0.717, 1.165) is 24.8 Å². The highest BCUT2D eigenvalue weighted by Crippen LogP contribution is 2.35. The van der Waals surface area contributed by atoms with Crippen LogP contribution in [0.3, 0.4) is 0 Å². The highest BCUT2D eigenvalue weighted by Gasteiger charge is 2.35. The molecule has 0 saturated carbocycles. The lowest BCUT2D eigenvalue weighted by Gasteiger charge is -2.34. The number of nitrogens with zero attached hydrogens (tertiary/aromatic N) is 3. The largest absolute Gasteiger partial charge is 0.484 e. The molecule has 1 aromatic carbocycles. The summed E-state index contributed by atoms with van der Waals surface area (Å²) >= 11 is 0. The molecule has 1 amide bonds. The van der Waals surface area contributed by atoms with E-state index in [2.05, 4.69) is 5.10 Å². The molecule has 0 radical (unpaired) electrons. The van der Waals surface area contributed by atoms with E-state index in [1.807, 2.05) is 13.2 Å². The van der Waals surface area contributed by atoms with Crippen LogP contribution in [0.15, 0.2) is 41.6 Å². The molecule has 0 spiro atoms. The minimum atomic E-state index is -3.65. The molecule has 2 aromatic rings. The Hall–Kier alpha value is -2.39. The summed E-state index contributed by atoms with van der Waals surface area (Å²) in [7, 11) is -1.83. The number of amides is 1. The number of aromatic nitrogens is 2. The number of sulfonamides is 1. The monoisotopic (exact) mass is 378 g/mol. The third kappa shape index (κ3) is 3.88. The van der Waals surface area contributed by atoms with Gasteiger partial charge in [-0.25, -0.2) is 8.42 Å².